The highest BCUT2D eigenvalue weighted by atomic mass is 15.2. The van der Waals surface area contributed by atoms with E-state index in [4.69, 9.17) is 0 Å². The molecule has 2 aromatic carbocycles. The highest BCUT2D eigenvalue weighted by molar-refractivity contribution is 5.51. The van der Waals surface area contributed by atoms with E-state index in [1.54, 1.807) is 0 Å². The molecule has 2 nitrogen and oxygen atoms in total. The molecule has 0 amide bonds. The Kier molecular flexibility index (Phi) is 5.92. The van der Waals surface area contributed by atoms with Gasteiger partial charge in [0.25, 0.3) is 0 Å². The van der Waals surface area contributed by atoms with Crippen LogP contribution in [0.5, 0.6) is 0 Å². The summed E-state index contributed by atoms with van der Waals surface area (Å²) in [4.78, 5) is 5.15. The summed E-state index contributed by atoms with van der Waals surface area (Å²) in [6.45, 7) is 9.11. The van der Waals surface area contributed by atoms with Gasteiger partial charge in [0, 0.05) is 12.2 Å². The number of hydrogen-bond acceptors (Lipinski definition) is 2. The van der Waals surface area contributed by atoms with Crippen LogP contribution in [0.4, 0.5) is 5.69 Å². The minimum Gasteiger partial charge on any atom is -0.364 e. The number of fused-ring (bicyclic) bond motifs is 1. The lowest BCUT2D eigenvalue weighted by Crippen LogP contribution is -2.32. The Hall–Kier alpha value is -1.80. The fourth-order valence-corrected chi connectivity index (χ4v) is 3.95. The molecule has 0 N–H and O–H groups in total. The van der Waals surface area contributed by atoms with Gasteiger partial charge in [0.2, 0.25) is 0 Å². The molecule has 1 aliphatic carbocycles. The fraction of sp³-hybridized carbons (Fsp3) is 0.455. The van der Waals surface area contributed by atoms with Crippen LogP contribution in [-0.2, 0) is 6.42 Å². The zero-order chi connectivity index (χ0) is 16.8. The molecule has 1 atom stereocenters. The molecule has 2 aromatic rings. The quantitative estimate of drug-likeness (QED) is 0.681. The van der Waals surface area contributed by atoms with E-state index in [-0.39, 0.29) is 0 Å². The zero-order valence-electron chi connectivity index (χ0n) is 15.1. The highest BCUT2D eigenvalue weighted by Gasteiger charge is 2.27. The van der Waals surface area contributed by atoms with E-state index in [1.165, 1.54) is 42.6 Å². The predicted octanol–water partition coefficient (Wildman–Crippen LogP) is 4.91. The molecule has 0 spiro atoms. The van der Waals surface area contributed by atoms with E-state index in [1.807, 2.05) is 0 Å². The summed E-state index contributed by atoms with van der Waals surface area (Å²) in [6.07, 6.45) is 3.66. The lowest BCUT2D eigenvalue weighted by molar-refractivity contribution is 0.299. The third kappa shape index (κ3) is 3.81. The van der Waals surface area contributed by atoms with Crippen molar-refractivity contribution in [3.63, 3.8) is 0 Å². The van der Waals surface area contributed by atoms with Crippen molar-refractivity contribution in [2.24, 2.45) is 0 Å². The molecule has 0 radical (unpaired) electrons. The minimum atomic E-state index is 0.528. The van der Waals surface area contributed by atoms with Crippen LogP contribution in [0, 0.1) is 0 Å². The summed E-state index contributed by atoms with van der Waals surface area (Å²) in [6, 6.07) is 20.5. The Balaban J connectivity index is 1.76. The average Bonchev–Trinajstić information content (AvgIpc) is 3.07. The molecule has 1 unspecified atom stereocenters. The standard InChI is InChI=1S/C22H30N2/c1-3-23(4-2)17-10-18-24(20-12-6-5-7-13-20)22-16-15-19-11-8-9-14-21(19)22/h5-9,11-14,22H,3-4,10,15-18H2,1-2H3. The zero-order valence-corrected chi connectivity index (χ0v) is 15.1. The smallest absolute Gasteiger partial charge is 0.0548 e. The van der Waals surface area contributed by atoms with Crippen molar-refractivity contribution in [1.82, 2.24) is 4.90 Å². The van der Waals surface area contributed by atoms with Crippen LogP contribution < -0.4 is 4.90 Å². The lowest BCUT2D eigenvalue weighted by Gasteiger charge is -2.33. The van der Waals surface area contributed by atoms with Gasteiger partial charge in [0.15, 0.2) is 0 Å². The SMILES string of the molecule is CCN(CC)CCCN(c1ccccc1)C1CCc2ccccc21. The number of para-hydroxylation sites is 1. The summed E-state index contributed by atoms with van der Waals surface area (Å²) in [5.74, 6) is 0. The molecule has 0 aromatic heterocycles. The molecule has 0 saturated heterocycles. The van der Waals surface area contributed by atoms with E-state index in [9.17, 15) is 0 Å². The van der Waals surface area contributed by atoms with Crippen molar-refractivity contribution < 1.29 is 0 Å². The number of aryl methyl sites for hydroxylation is 1. The van der Waals surface area contributed by atoms with Gasteiger partial charge in [-0.3, -0.25) is 0 Å². The summed E-state index contributed by atoms with van der Waals surface area (Å²) in [5, 5.41) is 0. The number of benzene rings is 2. The summed E-state index contributed by atoms with van der Waals surface area (Å²) >= 11 is 0. The van der Waals surface area contributed by atoms with Crippen molar-refractivity contribution in [2.45, 2.75) is 39.2 Å². The van der Waals surface area contributed by atoms with Crippen molar-refractivity contribution in [1.29, 1.82) is 0 Å². The monoisotopic (exact) mass is 322 g/mol. The fourth-order valence-electron chi connectivity index (χ4n) is 3.95. The van der Waals surface area contributed by atoms with Gasteiger partial charge in [0.05, 0.1) is 6.04 Å². The second-order valence-electron chi connectivity index (χ2n) is 6.66. The van der Waals surface area contributed by atoms with Crippen LogP contribution in [0.25, 0.3) is 0 Å². The normalized spacial score (nSPS) is 16.4. The average molecular weight is 322 g/mol. The van der Waals surface area contributed by atoms with E-state index < -0.39 is 0 Å². The maximum Gasteiger partial charge on any atom is 0.0548 e. The molecular weight excluding hydrogens is 292 g/mol. The van der Waals surface area contributed by atoms with Crippen molar-refractivity contribution in [2.75, 3.05) is 31.1 Å². The third-order valence-electron chi connectivity index (χ3n) is 5.33. The summed E-state index contributed by atoms with van der Waals surface area (Å²) in [7, 11) is 0. The van der Waals surface area contributed by atoms with E-state index >= 15 is 0 Å². The van der Waals surface area contributed by atoms with Crippen molar-refractivity contribution in [3.05, 3.63) is 65.7 Å². The summed E-state index contributed by atoms with van der Waals surface area (Å²) in [5.41, 5.74) is 4.43. The second-order valence-corrected chi connectivity index (χ2v) is 6.66. The maximum absolute atomic E-state index is 2.63. The van der Waals surface area contributed by atoms with Crippen LogP contribution in [0.15, 0.2) is 54.6 Å². The first-order valence-corrected chi connectivity index (χ1v) is 9.45. The second kappa shape index (κ2) is 8.34. The number of anilines is 1. The molecule has 3 rings (SSSR count). The van der Waals surface area contributed by atoms with E-state index in [0.29, 0.717) is 6.04 Å². The first kappa shape index (κ1) is 17.0. The number of rotatable bonds is 8. The van der Waals surface area contributed by atoms with Crippen molar-refractivity contribution in [3.8, 4) is 0 Å². The van der Waals surface area contributed by atoms with Gasteiger partial charge < -0.3 is 9.80 Å². The molecule has 1 aliphatic rings. The Morgan fingerprint density at radius 3 is 2.33 bits per heavy atom. The van der Waals surface area contributed by atoms with Gasteiger partial charge in [-0.1, -0.05) is 56.3 Å². The van der Waals surface area contributed by atoms with E-state index in [0.717, 1.165) is 19.6 Å². The molecule has 0 saturated carbocycles. The Bertz CT molecular complexity index is 619. The minimum absolute atomic E-state index is 0.528. The molecule has 0 heterocycles. The van der Waals surface area contributed by atoms with Crippen LogP contribution in [0.1, 0.15) is 43.9 Å². The molecule has 24 heavy (non-hydrogen) atoms. The third-order valence-corrected chi connectivity index (χ3v) is 5.33. The van der Waals surface area contributed by atoms with Gasteiger partial charge in [-0.2, -0.15) is 0 Å². The van der Waals surface area contributed by atoms with Gasteiger partial charge in [-0.15, -0.1) is 0 Å². The van der Waals surface area contributed by atoms with Crippen LogP contribution in [-0.4, -0.2) is 31.1 Å². The number of nitrogens with zero attached hydrogens (tertiary/aromatic N) is 2. The summed E-state index contributed by atoms with van der Waals surface area (Å²) < 4.78 is 0. The first-order valence-electron chi connectivity index (χ1n) is 9.45. The molecular formula is C22H30N2. The largest absolute Gasteiger partial charge is 0.364 e. The van der Waals surface area contributed by atoms with Gasteiger partial charge in [-0.25, -0.2) is 0 Å². The Labute approximate surface area is 147 Å². The Morgan fingerprint density at radius 1 is 0.875 bits per heavy atom. The van der Waals surface area contributed by atoms with Gasteiger partial charge in [-0.05, 0) is 62.2 Å². The maximum atomic E-state index is 2.63. The lowest BCUT2D eigenvalue weighted by atomic mass is 10.1. The molecule has 128 valence electrons. The van der Waals surface area contributed by atoms with E-state index in [2.05, 4.69) is 78.2 Å². The molecule has 2 heteroatoms. The van der Waals surface area contributed by atoms with Gasteiger partial charge >= 0.3 is 0 Å². The first-order chi connectivity index (χ1) is 11.8. The topological polar surface area (TPSA) is 6.48 Å². The van der Waals surface area contributed by atoms with Crippen LogP contribution >= 0.6 is 0 Å². The Morgan fingerprint density at radius 2 is 1.58 bits per heavy atom. The van der Waals surface area contributed by atoms with Crippen LogP contribution in [0.2, 0.25) is 0 Å². The predicted molar refractivity (Wildman–Crippen MR) is 104 cm³/mol. The molecule has 0 fully saturated rings. The number of hydrogen-bond donors (Lipinski definition) is 0. The highest BCUT2D eigenvalue weighted by Crippen LogP contribution is 2.38. The molecule has 0 bridgehead atoms. The molecule has 0 aliphatic heterocycles. The van der Waals surface area contributed by atoms with Crippen molar-refractivity contribution >= 4 is 5.69 Å². The van der Waals surface area contributed by atoms with Gasteiger partial charge in [0.1, 0.15) is 0 Å². The van der Waals surface area contributed by atoms with Crippen LogP contribution in [0.3, 0.4) is 0 Å².